The number of thioether (sulfide) groups is 1. The van der Waals surface area contributed by atoms with Crippen LogP contribution in [0.1, 0.15) is 40.9 Å². The number of carbonyl (C=O) groups is 1. The average molecular weight is 448 g/mol. The van der Waals surface area contributed by atoms with Crippen molar-refractivity contribution < 1.29 is 9.53 Å². The lowest BCUT2D eigenvalue weighted by Gasteiger charge is -2.32. The number of aromatic nitrogens is 1. The van der Waals surface area contributed by atoms with E-state index in [2.05, 4.69) is 77.4 Å². The molecule has 0 amide bonds. The second kappa shape index (κ2) is 8.87. The van der Waals surface area contributed by atoms with E-state index in [1.165, 1.54) is 0 Å². The summed E-state index contributed by atoms with van der Waals surface area (Å²) >= 11 is 1.65. The van der Waals surface area contributed by atoms with E-state index in [-0.39, 0.29) is 5.97 Å². The molecule has 3 aromatic rings. The molecule has 0 fully saturated rings. The Morgan fingerprint density at radius 1 is 0.969 bits per heavy atom. The molecule has 5 nitrogen and oxygen atoms in total. The first kappa shape index (κ1) is 22.2. The minimum absolute atomic E-state index is 0.320. The summed E-state index contributed by atoms with van der Waals surface area (Å²) in [6.45, 7) is 6.17. The highest BCUT2D eigenvalue weighted by Gasteiger charge is 2.50. The minimum atomic E-state index is -1.04. The smallest absolute Gasteiger partial charge is 0.340 e. The number of hydrogen-bond donors (Lipinski definition) is 0. The van der Waals surface area contributed by atoms with Crippen LogP contribution in [0, 0.1) is 0 Å². The predicted octanol–water partition coefficient (Wildman–Crippen LogP) is 5.18. The molecule has 0 N–H and O–H groups in total. The van der Waals surface area contributed by atoms with E-state index in [1.807, 2.05) is 14.1 Å². The van der Waals surface area contributed by atoms with Gasteiger partial charge in [-0.25, -0.2) is 4.79 Å². The molecule has 1 atom stereocenters. The Bertz CT molecular complexity index is 1130. The molecule has 0 saturated carbocycles. The van der Waals surface area contributed by atoms with Crippen molar-refractivity contribution in [2.45, 2.75) is 24.3 Å². The number of rotatable bonds is 7. The number of anilines is 2. The van der Waals surface area contributed by atoms with Crippen molar-refractivity contribution in [3.05, 3.63) is 83.2 Å². The summed E-state index contributed by atoms with van der Waals surface area (Å²) in [4.78, 5) is 22.8. The molecule has 1 aliphatic heterocycles. The van der Waals surface area contributed by atoms with Crippen LogP contribution in [0.4, 0.5) is 11.4 Å². The molecule has 0 saturated heterocycles. The molecule has 1 unspecified atom stereocenters. The third-order valence-corrected chi connectivity index (χ3v) is 6.93. The lowest BCUT2D eigenvalue weighted by Crippen LogP contribution is -2.31. The van der Waals surface area contributed by atoms with Gasteiger partial charge in [0.1, 0.15) is 0 Å². The molecular formula is C26H29N3O2S. The molecule has 0 spiro atoms. The summed E-state index contributed by atoms with van der Waals surface area (Å²) in [5, 5.41) is 0. The molecular weight excluding hydrogens is 418 g/mol. The highest BCUT2D eigenvalue weighted by molar-refractivity contribution is 7.98. The van der Waals surface area contributed by atoms with Gasteiger partial charge in [0.15, 0.2) is 5.60 Å². The fourth-order valence-corrected chi connectivity index (χ4v) is 5.09. The SMILES string of the molecule is CCN(CC)c1ccc(C2(c3ccc(N(C)C)cc3SC)OC(=O)c3ccncc32)cc1. The Balaban J connectivity index is 1.96. The van der Waals surface area contributed by atoms with E-state index in [4.69, 9.17) is 4.74 Å². The molecule has 2 aromatic carbocycles. The third kappa shape index (κ3) is 3.52. The number of cyclic esters (lactones) is 1. The number of carbonyl (C=O) groups excluding carboxylic acids is 1. The molecule has 6 heteroatoms. The van der Waals surface area contributed by atoms with Crippen molar-refractivity contribution in [2.24, 2.45) is 0 Å². The second-order valence-electron chi connectivity index (χ2n) is 7.99. The zero-order valence-electron chi connectivity index (χ0n) is 19.3. The van der Waals surface area contributed by atoms with E-state index in [0.29, 0.717) is 5.56 Å². The van der Waals surface area contributed by atoms with E-state index < -0.39 is 5.60 Å². The first-order chi connectivity index (χ1) is 15.5. The lowest BCUT2D eigenvalue weighted by molar-refractivity contribution is 0.0244. The maximum absolute atomic E-state index is 13.0. The van der Waals surface area contributed by atoms with Crippen LogP contribution in [0.2, 0.25) is 0 Å². The summed E-state index contributed by atoms with van der Waals surface area (Å²) in [6, 6.07) is 16.4. The highest BCUT2D eigenvalue weighted by atomic mass is 32.2. The van der Waals surface area contributed by atoms with E-state index in [1.54, 1.807) is 30.2 Å². The minimum Gasteiger partial charge on any atom is -0.440 e. The Morgan fingerprint density at radius 2 is 1.66 bits per heavy atom. The van der Waals surface area contributed by atoms with Crippen molar-refractivity contribution in [1.82, 2.24) is 4.98 Å². The highest BCUT2D eigenvalue weighted by Crippen LogP contribution is 2.49. The molecule has 0 bridgehead atoms. The molecule has 166 valence electrons. The maximum Gasteiger partial charge on any atom is 0.340 e. The van der Waals surface area contributed by atoms with E-state index in [9.17, 15) is 4.79 Å². The number of ether oxygens (including phenoxy) is 1. The van der Waals surface area contributed by atoms with E-state index in [0.717, 1.165) is 46.1 Å². The fourth-order valence-electron chi connectivity index (χ4n) is 4.42. The Labute approximate surface area is 194 Å². The standard InChI is InChI=1S/C26H29N3O2S/c1-6-29(7-2)19-10-8-18(9-11-19)26(23-17-27-15-14-21(23)25(30)31-26)22-13-12-20(28(3)4)16-24(22)32-5/h8-17H,6-7H2,1-5H3. The van der Waals surface area contributed by atoms with Crippen LogP contribution in [0.5, 0.6) is 0 Å². The predicted molar refractivity (Wildman–Crippen MR) is 132 cm³/mol. The summed E-state index contributed by atoms with van der Waals surface area (Å²) in [5.74, 6) is -0.320. The van der Waals surface area contributed by atoms with Crippen molar-refractivity contribution in [2.75, 3.05) is 43.2 Å². The third-order valence-electron chi connectivity index (χ3n) is 6.15. The van der Waals surface area contributed by atoms with Crippen molar-refractivity contribution in [3.63, 3.8) is 0 Å². The van der Waals surface area contributed by atoms with Crippen molar-refractivity contribution in [3.8, 4) is 0 Å². The summed E-state index contributed by atoms with van der Waals surface area (Å²) in [6.07, 6.45) is 5.46. The zero-order chi connectivity index (χ0) is 22.9. The van der Waals surface area contributed by atoms with Gasteiger partial charge in [0.2, 0.25) is 0 Å². The van der Waals surface area contributed by atoms with Gasteiger partial charge >= 0.3 is 5.97 Å². The number of pyridine rings is 1. The molecule has 0 aliphatic carbocycles. The number of benzene rings is 2. The Morgan fingerprint density at radius 3 is 2.28 bits per heavy atom. The maximum atomic E-state index is 13.0. The molecule has 1 aromatic heterocycles. The molecule has 1 aliphatic rings. The summed E-state index contributed by atoms with van der Waals surface area (Å²) in [5.41, 5.74) is 4.43. The first-order valence-corrected chi connectivity index (χ1v) is 12.1. The van der Waals surface area contributed by atoms with Crippen LogP contribution in [0.15, 0.2) is 65.8 Å². The molecule has 4 rings (SSSR count). The van der Waals surface area contributed by atoms with Gasteiger partial charge in [-0.2, -0.15) is 0 Å². The van der Waals surface area contributed by atoms with Gasteiger partial charge in [0.05, 0.1) is 5.56 Å². The monoisotopic (exact) mass is 447 g/mol. The van der Waals surface area contributed by atoms with Crippen molar-refractivity contribution in [1.29, 1.82) is 0 Å². The Hall–Kier alpha value is -2.99. The van der Waals surface area contributed by atoms with Gasteiger partial charge in [0, 0.05) is 72.5 Å². The largest absolute Gasteiger partial charge is 0.440 e. The van der Waals surface area contributed by atoms with E-state index >= 15 is 0 Å². The lowest BCUT2D eigenvalue weighted by atomic mass is 9.80. The van der Waals surface area contributed by atoms with Gasteiger partial charge in [-0.1, -0.05) is 18.2 Å². The van der Waals surface area contributed by atoms with Crippen LogP contribution in [0.3, 0.4) is 0 Å². The van der Waals surface area contributed by atoms with Gasteiger partial charge in [0.25, 0.3) is 0 Å². The van der Waals surface area contributed by atoms with Gasteiger partial charge in [-0.15, -0.1) is 11.8 Å². The van der Waals surface area contributed by atoms with Crippen LogP contribution in [-0.4, -0.2) is 44.4 Å². The summed E-state index contributed by atoms with van der Waals surface area (Å²) < 4.78 is 6.27. The number of hydrogen-bond acceptors (Lipinski definition) is 6. The van der Waals surface area contributed by atoms with Gasteiger partial charge in [-0.3, -0.25) is 4.98 Å². The average Bonchev–Trinajstić information content (AvgIpc) is 3.13. The summed E-state index contributed by atoms with van der Waals surface area (Å²) in [7, 11) is 4.05. The molecule has 32 heavy (non-hydrogen) atoms. The van der Waals surface area contributed by atoms with Gasteiger partial charge < -0.3 is 14.5 Å². The number of fused-ring (bicyclic) bond motifs is 1. The topological polar surface area (TPSA) is 45.7 Å². The Kier molecular flexibility index (Phi) is 6.15. The van der Waals surface area contributed by atoms with Gasteiger partial charge in [-0.05, 0) is 50.4 Å². The quantitative estimate of drug-likeness (QED) is 0.367. The van der Waals surface area contributed by atoms with Crippen LogP contribution in [-0.2, 0) is 10.3 Å². The normalized spacial score (nSPS) is 17.1. The van der Waals surface area contributed by atoms with Crippen molar-refractivity contribution >= 4 is 29.1 Å². The molecule has 2 heterocycles. The second-order valence-corrected chi connectivity index (χ2v) is 8.84. The van der Waals surface area contributed by atoms with Crippen LogP contribution < -0.4 is 9.80 Å². The number of esters is 1. The van der Waals surface area contributed by atoms with Crippen LogP contribution >= 0.6 is 11.8 Å². The number of nitrogens with zero attached hydrogens (tertiary/aromatic N) is 3. The first-order valence-electron chi connectivity index (χ1n) is 10.8. The van der Waals surface area contributed by atoms with Crippen LogP contribution in [0.25, 0.3) is 0 Å². The fraction of sp³-hybridized carbons (Fsp3) is 0.308. The molecule has 0 radical (unpaired) electrons. The zero-order valence-corrected chi connectivity index (χ0v) is 20.1.